The zero-order valence-electron chi connectivity index (χ0n) is 13.8. The first-order valence-corrected chi connectivity index (χ1v) is 8.33. The summed E-state index contributed by atoms with van der Waals surface area (Å²) in [5.74, 6) is -1.46. The van der Waals surface area contributed by atoms with Crippen LogP contribution in [0.25, 0.3) is 11.6 Å². The SMILES string of the molecule is O=C(c1ccc(F)c(F)c1)N1CCCC(c2noc(-c3ccc[nH]3)n2)C1. The van der Waals surface area contributed by atoms with Crippen molar-refractivity contribution in [1.82, 2.24) is 20.0 Å². The molecule has 3 aromatic rings. The van der Waals surface area contributed by atoms with Gasteiger partial charge in [0.2, 0.25) is 0 Å². The maximum Gasteiger partial charge on any atom is 0.274 e. The lowest BCUT2D eigenvalue weighted by atomic mass is 9.96. The van der Waals surface area contributed by atoms with E-state index < -0.39 is 11.6 Å². The molecule has 1 unspecified atom stereocenters. The van der Waals surface area contributed by atoms with Gasteiger partial charge in [-0.05, 0) is 43.2 Å². The monoisotopic (exact) mass is 358 g/mol. The van der Waals surface area contributed by atoms with Crippen molar-refractivity contribution in [3.8, 4) is 11.6 Å². The van der Waals surface area contributed by atoms with E-state index >= 15 is 0 Å². The topological polar surface area (TPSA) is 75.0 Å². The van der Waals surface area contributed by atoms with Gasteiger partial charge in [0.1, 0.15) is 5.69 Å². The molecule has 2 aromatic heterocycles. The number of rotatable bonds is 3. The first-order chi connectivity index (χ1) is 12.6. The van der Waals surface area contributed by atoms with Crippen molar-refractivity contribution in [2.24, 2.45) is 0 Å². The van der Waals surface area contributed by atoms with Crippen LogP contribution in [0, 0.1) is 11.6 Å². The van der Waals surface area contributed by atoms with Crippen molar-refractivity contribution in [2.75, 3.05) is 13.1 Å². The van der Waals surface area contributed by atoms with Gasteiger partial charge in [-0.3, -0.25) is 4.79 Å². The fraction of sp³-hybridized carbons (Fsp3) is 0.278. The maximum absolute atomic E-state index is 13.4. The van der Waals surface area contributed by atoms with Gasteiger partial charge in [-0.25, -0.2) is 8.78 Å². The number of piperidine rings is 1. The Balaban J connectivity index is 1.50. The van der Waals surface area contributed by atoms with Crippen LogP contribution in [0.3, 0.4) is 0 Å². The minimum atomic E-state index is -1.03. The summed E-state index contributed by atoms with van der Waals surface area (Å²) in [6.07, 6.45) is 3.36. The summed E-state index contributed by atoms with van der Waals surface area (Å²) >= 11 is 0. The van der Waals surface area contributed by atoms with Gasteiger partial charge >= 0.3 is 0 Å². The third-order valence-corrected chi connectivity index (χ3v) is 4.51. The van der Waals surface area contributed by atoms with Gasteiger partial charge in [0.15, 0.2) is 17.5 Å². The molecule has 1 amide bonds. The molecule has 1 aliphatic heterocycles. The minimum absolute atomic E-state index is 0.0644. The molecule has 0 spiro atoms. The van der Waals surface area contributed by atoms with Crippen LogP contribution in [-0.4, -0.2) is 39.0 Å². The van der Waals surface area contributed by atoms with E-state index in [0.29, 0.717) is 24.8 Å². The van der Waals surface area contributed by atoms with Crippen LogP contribution >= 0.6 is 0 Å². The normalized spacial score (nSPS) is 17.5. The number of benzene rings is 1. The van der Waals surface area contributed by atoms with E-state index in [-0.39, 0.29) is 17.4 Å². The molecule has 6 nitrogen and oxygen atoms in total. The van der Waals surface area contributed by atoms with E-state index in [9.17, 15) is 13.6 Å². The Morgan fingerprint density at radius 3 is 2.92 bits per heavy atom. The zero-order chi connectivity index (χ0) is 18.1. The Bertz CT molecular complexity index is 923. The molecule has 134 valence electrons. The molecular weight excluding hydrogens is 342 g/mol. The van der Waals surface area contributed by atoms with Crippen molar-refractivity contribution in [3.05, 3.63) is 59.6 Å². The lowest BCUT2D eigenvalue weighted by Crippen LogP contribution is -2.39. The number of carbonyl (C=O) groups excluding carboxylic acids is 1. The van der Waals surface area contributed by atoms with Gasteiger partial charge in [0.25, 0.3) is 11.8 Å². The highest BCUT2D eigenvalue weighted by molar-refractivity contribution is 5.94. The number of hydrogen-bond donors (Lipinski definition) is 1. The van der Waals surface area contributed by atoms with Crippen LogP contribution in [0.2, 0.25) is 0 Å². The lowest BCUT2D eigenvalue weighted by Gasteiger charge is -2.31. The van der Waals surface area contributed by atoms with Gasteiger partial charge in [-0.2, -0.15) is 4.98 Å². The van der Waals surface area contributed by atoms with E-state index in [0.717, 1.165) is 30.7 Å². The Morgan fingerprint density at radius 2 is 2.15 bits per heavy atom. The second-order valence-corrected chi connectivity index (χ2v) is 6.26. The average Bonchev–Trinajstić information content (AvgIpc) is 3.35. The van der Waals surface area contributed by atoms with Crippen molar-refractivity contribution >= 4 is 5.91 Å². The van der Waals surface area contributed by atoms with Crippen LogP contribution < -0.4 is 0 Å². The molecule has 3 heterocycles. The fourth-order valence-corrected chi connectivity index (χ4v) is 3.16. The summed E-state index contributed by atoms with van der Waals surface area (Å²) in [5.41, 5.74) is 0.860. The first-order valence-electron chi connectivity index (χ1n) is 8.33. The largest absolute Gasteiger partial charge is 0.357 e. The molecule has 1 atom stereocenters. The van der Waals surface area contributed by atoms with Crippen molar-refractivity contribution < 1.29 is 18.1 Å². The van der Waals surface area contributed by atoms with Crippen molar-refractivity contribution in [2.45, 2.75) is 18.8 Å². The Hall–Kier alpha value is -3.03. The molecule has 8 heteroatoms. The highest BCUT2D eigenvalue weighted by atomic mass is 19.2. The lowest BCUT2D eigenvalue weighted by molar-refractivity contribution is 0.0703. The Morgan fingerprint density at radius 1 is 1.27 bits per heavy atom. The number of nitrogens with zero attached hydrogens (tertiary/aromatic N) is 3. The molecule has 0 bridgehead atoms. The number of aromatic amines is 1. The number of nitrogens with one attached hydrogen (secondary N) is 1. The number of H-pyrrole nitrogens is 1. The number of aromatic nitrogens is 3. The summed E-state index contributed by atoms with van der Waals surface area (Å²) < 4.78 is 31.8. The highest BCUT2D eigenvalue weighted by Crippen LogP contribution is 2.27. The molecule has 1 aromatic carbocycles. The van der Waals surface area contributed by atoms with Gasteiger partial charge in [0, 0.05) is 30.8 Å². The molecule has 0 saturated carbocycles. The standard InChI is InChI=1S/C18H16F2N4O2/c19-13-6-5-11(9-14(13)20)18(25)24-8-2-3-12(10-24)16-22-17(26-23-16)15-4-1-7-21-15/h1,4-7,9,12,21H,2-3,8,10H2. The van der Waals surface area contributed by atoms with E-state index in [2.05, 4.69) is 15.1 Å². The van der Waals surface area contributed by atoms with Crippen LogP contribution in [0.4, 0.5) is 8.78 Å². The third kappa shape index (κ3) is 3.10. The predicted molar refractivity (Wildman–Crippen MR) is 88.3 cm³/mol. The van der Waals surface area contributed by atoms with Crippen molar-refractivity contribution in [1.29, 1.82) is 0 Å². The summed E-state index contributed by atoms with van der Waals surface area (Å²) in [6.45, 7) is 0.956. The summed E-state index contributed by atoms with van der Waals surface area (Å²) in [7, 11) is 0. The molecule has 1 saturated heterocycles. The van der Waals surface area contributed by atoms with Crippen LogP contribution in [0.1, 0.15) is 34.9 Å². The molecule has 0 aliphatic carbocycles. The number of amides is 1. The average molecular weight is 358 g/mol. The molecule has 1 fully saturated rings. The first kappa shape index (κ1) is 16.4. The number of hydrogen-bond acceptors (Lipinski definition) is 4. The van der Waals surface area contributed by atoms with Crippen LogP contribution in [0.5, 0.6) is 0 Å². The number of likely N-dealkylation sites (tertiary alicyclic amines) is 1. The van der Waals surface area contributed by atoms with Gasteiger partial charge in [-0.1, -0.05) is 5.16 Å². The summed E-state index contributed by atoms with van der Waals surface area (Å²) in [5, 5.41) is 4.03. The molecular formula is C18H16F2N4O2. The third-order valence-electron chi connectivity index (χ3n) is 4.51. The van der Waals surface area contributed by atoms with Gasteiger partial charge in [-0.15, -0.1) is 0 Å². The molecule has 1 aliphatic rings. The second kappa shape index (κ2) is 6.70. The number of halogens is 2. The van der Waals surface area contributed by atoms with Gasteiger partial charge in [0.05, 0.1) is 0 Å². The maximum atomic E-state index is 13.4. The Kier molecular flexibility index (Phi) is 4.24. The van der Waals surface area contributed by atoms with E-state index in [4.69, 9.17) is 4.52 Å². The van der Waals surface area contributed by atoms with Crippen molar-refractivity contribution in [3.63, 3.8) is 0 Å². The van der Waals surface area contributed by atoms with Crippen LogP contribution in [-0.2, 0) is 0 Å². The van der Waals surface area contributed by atoms with Crippen LogP contribution in [0.15, 0.2) is 41.1 Å². The predicted octanol–water partition coefficient (Wildman–Crippen LogP) is 3.36. The highest BCUT2D eigenvalue weighted by Gasteiger charge is 2.29. The fourth-order valence-electron chi connectivity index (χ4n) is 3.16. The molecule has 26 heavy (non-hydrogen) atoms. The van der Waals surface area contributed by atoms with Gasteiger partial charge < -0.3 is 14.4 Å². The number of carbonyl (C=O) groups is 1. The quantitative estimate of drug-likeness (QED) is 0.779. The molecule has 1 N–H and O–H groups in total. The molecule has 0 radical (unpaired) electrons. The zero-order valence-corrected chi connectivity index (χ0v) is 13.8. The smallest absolute Gasteiger partial charge is 0.274 e. The second-order valence-electron chi connectivity index (χ2n) is 6.26. The van der Waals surface area contributed by atoms with E-state index in [1.54, 1.807) is 11.1 Å². The van der Waals surface area contributed by atoms with E-state index in [1.807, 2.05) is 12.1 Å². The van der Waals surface area contributed by atoms with E-state index in [1.165, 1.54) is 6.07 Å². The minimum Gasteiger partial charge on any atom is -0.357 e. The summed E-state index contributed by atoms with van der Waals surface area (Å²) in [4.78, 5) is 21.6. The Labute approximate surface area is 147 Å². The summed E-state index contributed by atoms with van der Waals surface area (Å²) in [6, 6.07) is 6.85. The molecule has 4 rings (SSSR count).